The van der Waals surface area contributed by atoms with Crippen molar-refractivity contribution in [3.63, 3.8) is 0 Å². The zero-order valence-corrected chi connectivity index (χ0v) is 10.9. The van der Waals surface area contributed by atoms with Gasteiger partial charge in [0.25, 0.3) is 0 Å². The van der Waals surface area contributed by atoms with E-state index in [-0.39, 0.29) is 0 Å². The Kier molecular flexibility index (Phi) is 5.62. The van der Waals surface area contributed by atoms with Gasteiger partial charge in [-0.05, 0) is 64.7 Å². The van der Waals surface area contributed by atoms with Crippen LogP contribution in [0.5, 0.6) is 0 Å². The van der Waals surface area contributed by atoms with Crippen LogP contribution in [-0.2, 0) is 0 Å². The minimum absolute atomic E-state index is 0.790. The summed E-state index contributed by atoms with van der Waals surface area (Å²) in [7, 11) is 4.29. The van der Waals surface area contributed by atoms with Gasteiger partial charge in [0.15, 0.2) is 0 Å². The predicted molar refractivity (Wildman–Crippen MR) is 67.1 cm³/mol. The van der Waals surface area contributed by atoms with E-state index in [0.29, 0.717) is 0 Å². The molecule has 15 heavy (non-hydrogen) atoms. The maximum Gasteiger partial charge on any atom is 0.00698 e. The average Bonchev–Trinajstić information content (AvgIpc) is 2.18. The molecule has 90 valence electrons. The molecule has 0 spiro atoms. The van der Waals surface area contributed by atoms with Crippen molar-refractivity contribution < 1.29 is 0 Å². The molecule has 1 fully saturated rings. The fraction of sp³-hybridized carbons (Fsp3) is 1.00. The van der Waals surface area contributed by atoms with E-state index in [0.717, 1.165) is 17.9 Å². The second-order valence-electron chi connectivity index (χ2n) is 5.58. The molecule has 0 unspecified atom stereocenters. The molecule has 0 aromatic heterocycles. The Morgan fingerprint density at radius 2 is 1.87 bits per heavy atom. The Bertz CT molecular complexity index is 168. The summed E-state index contributed by atoms with van der Waals surface area (Å²) in [6.45, 7) is 7.18. The van der Waals surface area contributed by atoms with Gasteiger partial charge in [-0.2, -0.15) is 0 Å². The van der Waals surface area contributed by atoms with Crippen molar-refractivity contribution >= 4 is 0 Å². The molecule has 0 saturated heterocycles. The lowest BCUT2D eigenvalue weighted by Gasteiger charge is -2.32. The van der Waals surface area contributed by atoms with Crippen molar-refractivity contribution in [3.05, 3.63) is 0 Å². The van der Waals surface area contributed by atoms with Crippen molar-refractivity contribution in [2.75, 3.05) is 27.2 Å². The van der Waals surface area contributed by atoms with Crippen LogP contribution in [0.3, 0.4) is 0 Å². The molecule has 0 aromatic rings. The van der Waals surface area contributed by atoms with E-state index >= 15 is 0 Å². The molecule has 3 atom stereocenters. The van der Waals surface area contributed by atoms with Crippen LogP contribution in [-0.4, -0.2) is 38.1 Å². The lowest BCUT2D eigenvalue weighted by molar-refractivity contribution is 0.225. The summed E-state index contributed by atoms with van der Waals surface area (Å²) in [6.07, 6.45) is 5.44. The van der Waals surface area contributed by atoms with Gasteiger partial charge in [-0.3, -0.25) is 0 Å². The molecule has 1 aliphatic carbocycles. The van der Waals surface area contributed by atoms with Crippen molar-refractivity contribution in [1.82, 2.24) is 10.2 Å². The van der Waals surface area contributed by atoms with Gasteiger partial charge in [-0.1, -0.05) is 13.8 Å². The van der Waals surface area contributed by atoms with Crippen LogP contribution in [0.1, 0.15) is 39.5 Å². The first-order valence-corrected chi connectivity index (χ1v) is 6.47. The number of hydrogen-bond donors (Lipinski definition) is 1. The van der Waals surface area contributed by atoms with Crippen molar-refractivity contribution in [1.29, 1.82) is 0 Å². The third-order valence-corrected chi connectivity index (χ3v) is 3.81. The van der Waals surface area contributed by atoms with Crippen LogP contribution in [0.25, 0.3) is 0 Å². The zero-order chi connectivity index (χ0) is 11.3. The summed E-state index contributed by atoms with van der Waals surface area (Å²) in [5.41, 5.74) is 0. The minimum atomic E-state index is 0.790. The van der Waals surface area contributed by atoms with Crippen molar-refractivity contribution in [2.45, 2.75) is 45.6 Å². The average molecular weight is 212 g/mol. The number of hydrogen-bond acceptors (Lipinski definition) is 2. The Morgan fingerprint density at radius 3 is 2.47 bits per heavy atom. The quantitative estimate of drug-likeness (QED) is 0.704. The Morgan fingerprint density at radius 1 is 1.13 bits per heavy atom. The molecule has 0 bridgehead atoms. The number of nitrogens with one attached hydrogen (secondary N) is 1. The van der Waals surface area contributed by atoms with Gasteiger partial charge in [0.2, 0.25) is 0 Å². The van der Waals surface area contributed by atoms with Gasteiger partial charge < -0.3 is 10.2 Å². The van der Waals surface area contributed by atoms with Gasteiger partial charge in [0.1, 0.15) is 0 Å². The van der Waals surface area contributed by atoms with E-state index in [1.165, 1.54) is 38.8 Å². The highest BCUT2D eigenvalue weighted by Crippen LogP contribution is 2.29. The van der Waals surface area contributed by atoms with E-state index in [4.69, 9.17) is 0 Å². The van der Waals surface area contributed by atoms with Gasteiger partial charge in [-0.15, -0.1) is 0 Å². The van der Waals surface area contributed by atoms with E-state index in [9.17, 15) is 0 Å². The summed E-state index contributed by atoms with van der Waals surface area (Å²) >= 11 is 0. The van der Waals surface area contributed by atoms with E-state index in [1.54, 1.807) is 0 Å². The molecule has 0 heterocycles. The van der Waals surface area contributed by atoms with Crippen LogP contribution in [0.15, 0.2) is 0 Å². The van der Waals surface area contributed by atoms with Gasteiger partial charge in [0.05, 0.1) is 0 Å². The molecule has 0 radical (unpaired) electrons. The smallest absolute Gasteiger partial charge is 0.00698 e. The second-order valence-corrected chi connectivity index (χ2v) is 5.58. The lowest BCUT2D eigenvalue weighted by atomic mass is 9.79. The van der Waals surface area contributed by atoms with Crippen LogP contribution >= 0.6 is 0 Å². The normalized spacial score (nSPS) is 32.2. The molecule has 1 rings (SSSR count). The van der Waals surface area contributed by atoms with E-state index in [2.05, 4.69) is 38.2 Å². The third-order valence-electron chi connectivity index (χ3n) is 3.81. The molecule has 1 N–H and O–H groups in total. The molecule has 2 heteroatoms. The van der Waals surface area contributed by atoms with Gasteiger partial charge >= 0.3 is 0 Å². The predicted octanol–water partition coefficient (Wildman–Crippen LogP) is 2.35. The first-order chi connectivity index (χ1) is 7.09. The monoisotopic (exact) mass is 212 g/mol. The highest BCUT2D eigenvalue weighted by atomic mass is 15.1. The molecule has 2 nitrogen and oxygen atoms in total. The summed E-state index contributed by atoms with van der Waals surface area (Å²) in [6, 6.07) is 0.790. The first kappa shape index (κ1) is 13.0. The topological polar surface area (TPSA) is 15.3 Å². The molecule has 0 aliphatic heterocycles. The highest BCUT2D eigenvalue weighted by Gasteiger charge is 2.23. The van der Waals surface area contributed by atoms with Gasteiger partial charge in [-0.25, -0.2) is 0 Å². The van der Waals surface area contributed by atoms with Crippen LogP contribution in [0.2, 0.25) is 0 Å². The number of rotatable bonds is 5. The summed E-state index contributed by atoms with van der Waals surface area (Å²) in [5.74, 6) is 1.84. The molecular formula is C13H28N2. The maximum atomic E-state index is 3.70. The van der Waals surface area contributed by atoms with Crippen LogP contribution in [0.4, 0.5) is 0 Å². The SMILES string of the molecule is C[C@@H]1CC[C@H](NCCCN(C)C)C[C@@H]1C. The standard InChI is InChI=1S/C13H28N2/c1-11-6-7-13(10-12(11)2)14-8-5-9-15(3)4/h11-14H,5-10H2,1-4H3/t11-,12+,13+/m1/s1. The van der Waals surface area contributed by atoms with E-state index < -0.39 is 0 Å². The summed E-state index contributed by atoms with van der Waals surface area (Å²) < 4.78 is 0. The molecular weight excluding hydrogens is 184 g/mol. The summed E-state index contributed by atoms with van der Waals surface area (Å²) in [5, 5.41) is 3.70. The van der Waals surface area contributed by atoms with Crippen LogP contribution in [0, 0.1) is 11.8 Å². The Balaban J connectivity index is 2.07. The molecule has 1 aliphatic rings. The lowest BCUT2D eigenvalue weighted by Crippen LogP contribution is -2.37. The summed E-state index contributed by atoms with van der Waals surface area (Å²) in [4.78, 5) is 2.26. The van der Waals surface area contributed by atoms with Gasteiger partial charge in [0, 0.05) is 6.04 Å². The maximum absolute atomic E-state index is 3.70. The largest absolute Gasteiger partial charge is 0.314 e. The number of nitrogens with zero attached hydrogens (tertiary/aromatic N) is 1. The fourth-order valence-electron chi connectivity index (χ4n) is 2.43. The zero-order valence-electron chi connectivity index (χ0n) is 10.9. The van der Waals surface area contributed by atoms with Crippen molar-refractivity contribution in [2.24, 2.45) is 11.8 Å². The molecule has 0 aromatic carbocycles. The Hall–Kier alpha value is -0.0800. The van der Waals surface area contributed by atoms with Crippen LogP contribution < -0.4 is 5.32 Å². The first-order valence-electron chi connectivity index (χ1n) is 6.47. The highest BCUT2D eigenvalue weighted by molar-refractivity contribution is 4.79. The second kappa shape index (κ2) is 6.49. The van der Waals surface area contributed by atoms with Crippen molar-refractivity contribution in [3.8, 4) is 0 Å². The molecule has 1 saturated carbocycles. The molecule has 0 amide bonds. The Labute approximate surface area is 95.4 Å². The third kappa shape index (κ3) is 4.98. The van der Waals surface area contributed by atoms with E-state index in [1.807, 2.05) is 0 Å². The fourth-order valence-corrected chi connectivity index (χ4v) is 2.43. The minimum Gasteiger partial charge on any atom is -0.314 e.